The fraction of sp³-hybridized carbons (Fsp3) is 0.176. The summed E-state index contributed by atoms with van der Waals surface area (Å²) in [6, 6.07) is 16.1. The maximum Gasteiger partial charge on any atom is 0.128 e. The molecule has 0 saturated carbocycles. The molecular weight excluding hydrogens is 270 g/mol. The van der Waals surface area contributed by atoms with E-state index in [0.717, 1.165) is 16.5 Å². The van der Waals surface area contributed by atoms with Crippen LogP contribution in [0.3, 0.4) is 0 Å². The first-order chi connectivity index (χ1) is 9.63. The lowest BCUT2D eigenvalue weighted by Crippen LogP contribution is -2.01. The fourth-order valence-corrected chi connectivity index (χ4v) is 2.48. The topological polar surface area (TPSA) is 14.2 Å². The summed E-state index contributed by atoms with van der Waals surface area (Å²) < 4.78 is 7.98. The molecule has 1 heterocycles. The Morgan fingerprint density at radius 1 is 1.05 bits per heavy atom. The van der Waals surface area contributed by atoms with E-state index >= 15 is 0 Å². The van der Waals surface area contributed by atoms with Crippen molar-refractivity contribution < 1.29 is 4.74 Å². The molecule has 1 aromatic heterocycles. The predicted molar refractivity (Wildman–Crippen MR) is 83.4 cm³/mol. The molecule has 0 atom stereocenters. The van der Waals surface area contributed by atoms with E-state index in [9.17, 15) is 0 Å². The highest BCUT2D eigenvalue weighted by atomic mass is 35.5. The zero-order valence-corrected chi connectivity index (χ0v) is 12.3. The van der Waals surface area contributed by atoms with Crippen LogP contribution in [0.25, 0.3) is 10.9 Å². The van der Waals surface area contributed by atoms with E-state index in [2.05, 4.69) is 42.8 Å². The van der Waals surface area contributed by atoms with Crippen molar-refractivity contribution in [1.82, 2.24) is 4.57 Å². The molecule has 3 rings (SSSR count). The van der Waals surface area contributed by atoms with Crippen LogP contribution in [0.1, 0.15) is 11.3 Å². The lowest BCUT2D eigenvalue weighted by molar-refractivity contribution is 0.298. The van der Waals surface area contributed by atoms with Crippen molar-refractivity contribution in [3.8, 4) is 5.75 Å². The molecule has 3 aromatic rings. The number of halogens is 1. The Labute approximate surface area is 123 Å². The SMILES string of the molecule is Cc1ccc2c(c1)cc(COc1ccc(Cl)cc1)n2C. The molecule has 0 saturated heterocycles. The highest BCUT2D eigenvalue weighted by Gasteiger charge is 2.06. The third kappa shape index (κ3) is 2.52. The van der Waals surface area contributed by atoms with Crippen molar-refractivity contribution in [2.75, 3.05) is 0 Å². The van der Waals surface area contributed by atoms with Crippen molar-refractivity contribution in [1.29, 1.82) is 0 Å². The van der Waals surface area contributed by atoms with Crippen molar-refractivity contribution >= 4 is 22.5 Å². The van der Waals surface area contributed by atoms with Crippen LogP contribution in [0.15, 0.2) is 48.5 Å². The molecule has 0 bridgehead atoms. The molecule has 0 amide bonds. The summed E-state index contributed by atoms with van der Waals surface area (Å²) in [6.45, 7) is 2.65. The highest BCUT2D eigenvalue weighted by molar-refractivity contribution is 6.30. The van der Waals surface area contributed by atoms with Crippen molar-refractivity contribution in [2.45, 2.75) is 13.5 Å². The third-order valence-corrected chi connectivity index (χ3v) is 3.75. The second-order valence-electron chi connectivity index (χ2n) is 5.00. The molecule has 0 N–H and O–H groups in total. The number of ether oxygens (including phenoxy) is 1. The molecule has 20 heavy (non-hydrogen) atoms. The van der Waals surface area contributed by atoms with Gasteiger partial charge < -0.3 is 9.30 Å². The van der Waals surface area contributed by atoms with Crippen LogP contribution in [0.4, 0.5) is 0 Å². The summed E-state index contributed by atoms with van der Waals surface area (Å²) in [5.74, 6) is 0.829. The monoisotopic (exact) mass is 285 g/mol. The normalized spacial score (nSPS) is 10.9. The fourth-order valence-electron chi connectivity index (χ4n) is 2.35. The van der Waals surface area contributed by atoms with Crippen molar-refractivity contribution in [2.24, 2.45) is 7.05 Å². The number of aryl methyl sites for hydroxylation is 2. The highest BCUT2D eigenvalue weighted by Crippen LogP contribution is 2.22. The maximum atomic E-state index is 5.86. The Hall–Kier alpha value is -1.93. The Balaban J connectivity index is 1.84. The molecule has 0 radical (unpaired) electrons. The predicted octanol–water partition coefficient (Wildman–Crippen LogP) is 4.72. The lowest BCUT2D eigenvalue weighted by atomic mass is 10.2. The van der Waals surface area contributed by atoms with E-state index in [1.165, 1.54) is 16.5 Å². The van der Waals surface area contributed by atoms with Gasteiger partial charge in [0.15, 0.2) is 0 Å². The number of hydrogen-bond donors (Lipinski definition) is 0. The van der Waals surface area contributed by atoms with Gasteiger partial charge in [-0.3, -0.25) is 0 Å². The molecule has 0 aliphatic heterocycles. The molecule has 0 aliphatic rings. The maximum absolute atomic E-state index is 5.86. The van der Waals surface area contributed by atoms with Gasteiger partial charge in [-0.1, -0.05) is 23.2 Å². The van der Waals surface area contributed by atoms with E-state index in [-0.39, 0.29) is 0 Å². The lowest BCUT2D eigenvalue weighted by Gasteiger charge is -2.07. The number of hydrogen-bond acceptors (Lipinski definition) is 1. The van der Waals surface area contributed by atoms with Gasteiger partial charge >= 0.3 is 0 Å². The molecule has 0 aliphatic carbocycles. The van der Waals surface area contributed by atoms with Crippen LogP contribution in [0, 0.1) is 6.92 Å². The number of rotatable bonds is 3. The van der Waals surface area contributed by atoms with Gasteiger partial charge in [0.2, 0.25) is 0 Å². The van der Waals surface area contributed by atoms with Crippen LogP contribution in [0.2, 0.25) is 5.02 Å². The molecule has 102 valence electrons. The zero-order chi connectivity index (χ0) is 14.1. The van der Waals surface area contributed by atoms with E-state index in [4.69, 9.17) is 16.3 Å². The van der Waals surface area contributed by atoms with Crippen LogP contribution >= 0.6 is 11.6 Å². The minimum absolute atomic E-state index is 0.547. The van der Waals surface area contributed by atoms with Gasteiger partial charge in [0.05, 0.1) is 5.69 Å². The Kier molecular flexibility index (Phi) is 3.41. The number of benzene rings is 2. The molecule has 0 fully saturated rings. The standard InChI is InChI=1S/C17H16ClNO/c1-12-3-8-17-13(9-12)10-15(19(17)2)11-20-16-6-4-14(18)5-7-16/h3-10H,11H2,1-2H3. The molecule has 0 unspecified atom stereocenters. The first kappa shape index (κ1) is 13.1. The molecule has 3 heteroatoms. The largest absolute Gasteiger partial charge is 0.487 e. The van der Waals surface area contributed by atoms with Gasteiger partial charge in [-0.15, -0.1) is 0 Å². The summed E-state index contributed by atoms with van der Waals surface area (Å²) >= 11 is 5.86. The quantitative estimate of drug-likeness (QED) is 0.679. The molecule has 0 spiro atoms. The summed E-state index contributed by atoms with van der Waals surface area (Å²) in [7, 11) is 2.07. The van der Waals surface area contributed by atoms with E-state index in [0.29, 0.717) is 6.61 Å². The number of aromatic nitrogens is 1. The van der Waals surface area contributed by atoms with Gasteiger partial charge in [-0.05, 0) is 49.4 Å². The van der Waals surface area contributed by atoms with Crippen LogP contribution in [-0.4, -0.2) is 4.57 Å². The summed E-state index contributed by atoms with van der Waals surface area (Å²) in [5.41, 5.74) is 3.65. The van der Waals surface area contributed by atoms with Crippen molar-refractivity contribution in [3.63, 3.8) is 0 Å². The summed E-state index contributed by atoms with van der Waals surface area (Å²) in [5, 5.41) is 1.97. The van der Waals surface area contributed by atoms with Crippen LogP contribution in [-0.2, 0) is 13.7 Å². The van der Waals surface area contributed by atoms with Gasteiger partial charge in [-0.2, -0.15) is 0 Å². The minimum Gasteiger partial charge on any atom is -0.487 e. The van der Waals surface area contributed by atoms with Crippen LogP contribution in [0.5, 0.6) is 5.75 Å². The average molecular weight is 286 g/mol. The minimum atomic E-state index is 0.547. The Bertz CT molecular complexity index is 744. The molecule has 2 nitrogen and oxygen atoms in total. The Morgan fingerprint density at radius 3 is 2.55 bits per heavy atom. The second-order valence-corrected chi connectivity index (χ2v) is 5.44. The van der Waals surface area contributed by atoms with Crippen molar-refractivity contribution in [3.05, 3.63) is 64.8 Å². The summed E-state index contributed by atoms with van der Waals surface area (Å²) in [6.07, 6.45) is 0. The molecule has 2 aromatic carbocycles. The van der Waals surface area contributed by atoms with Gasteiger partial charge in [0.1, 0.15) is 12.4 Å². The zero-order valence-electron chi connectivity index (χ0n) is 11.6. The first-order valence-corrected chi connectivity index (χ1v) is 6.94. The van der Waals surface area contributed by atoms with Gasteiger partial charge in [-0.25, -0.2) is 0 Å². The van der Waals surface area contributed by atoms with Gasteiger partial charge in [0.25, 0.3) is 0 Å². The number of fused-ring (bicyclic) bond motifs is 1. The summed E-state index contributed by atoms with van der Waals surface area (Å²) in [4.78, 5) is 0. The first-order valence-electron chi connectivity index (χ1n) is 6.57. The smallest absolute Gasteiger partial charge is 0.128 e. The van der Waals surface area contributed by atoms with E-state index < -0.39 is 0 Å². The van der Waals surface area contributed by atoms with E-state index in [1.807, 2.05) is 24.3 Å². The third-order valence-electron chi connectivity index (χ3n) is 3.50. The second kappa shape index (κ2) is 5.22. The Morgan fingerprint density at radius 2 is 1.80 bits per heavy atom. The average Bonchev–Trinajstić information content (AvgIpc) is 2.74. The van der Waals surface area contributed by atoms with Gasteiger partial charge in [0, 0.05) is 23.0 Å². The van der Waals surface area contributed by atoms with Crippen LogP contribution < -0.4 is 4.74 Å². The molecular formula is C17H16ClNO. The number of nitrogens with zero attached hydrogens (tertiary/aromatic N) is 1. The van der Waals surface area contributed by atoms with E-state index in [1.54, 1.807) is 0 Å².